The second-order valence-electron chi connectivity index (χ2n) is 11.6. The van der Waals surface area contributed by atoms with Gasteiger partial charge in [0.15, 0.2) is 0 Å². The Kier molecular flexibility index (Phi) is 7.23. The van der Waals surface area contributed by atoms with E-state index < -0.39 is 0 Å². The van der Waals surface area contributed by atoms with Crippen LogP contribution in [0.15, 0.2) is 103 Å². The van der Waals surface area contributed by atoms with Gasteiger partial charge in [-0.25, -0.2) is 9.59 Å². The highest BCUT2D eigenvalue weighted by Gasteiger charge is 2.46. The van der Waals surface area contributed by atoms with Crippen LogP contribution in [0.25, 0.3) is 16.3 Å². The van der Waals surface area contributed by atoms with E-state index in [4.69, 9.17) is 9.47 Å². The number of benzene rings is 4. The summed E-state index contributed by atoms with van der Waals surface area (Å²) in [5.41, 5.74) is 6.49. The van der Waals surface area contributed by atoms with E-state index >= 15 is 0 Å². The minimum absolute atomic E-state index is 0.249. The molecule has 1 spiro atoms. The molecule has 0 aromatic heterocycles. The molecule has 1 N–H and O–H groups in total. The van der Waals surface area contributed by atoms with E-state index in [-0.39, 0.29) is 30.9 Å². The number of fused-ring (bicyclic) bond motifs is 5. The number of hydrogen-bond acceptors (Lipinski definition) is 5. The van der Waals surface area contributed by atoms with Crippen LogP contribution >= 0.6 is 0 Å². The highest BCUT2D eigenvalue weighted by Crippen LogP contribution is 2.49. The molecule has 7 rings (SSSR count). The number of nitrogens with one attached hydrogen (secondary N) is 1. The highest BCUT2D eigenvalue weighted by molar-refractivity contribution is 6.02. The Morgan fingerprint density at radius 1 is 0.698 bits per heavy atom. The summed E-state index contributed by atoms with van der Waals surface area (Å²) >= 11 is 0. The lowest BCUT2D eigenvalue weighted by atomic mass is 9.71. The Morgan fingerprint density at radius 2 is 1.30 bits per heavy atom. The van der Waals surface area contributed by atoms with Crippen LogP contribution in [-0.2, 0) is 22.7 Å². The van der Waals surface area contributed by atoms with Gasteiger partial charge in [0.05, 0.1) is 5.54 Å². The lowest BCUT2D eigenvalue weighted by molar-refractivity contribution is 0.0810. The number of hydrogen-bond donors (Lipinski definition) is 1. The number of piperidine rings is 1. The molecule has 0 bridgehead atoms. The fraction of sp³-hybridized carbons (Fsp3) is 0.278. The second kappa shape index (κ2) is 11.5. The fourth-order valence-electron chi connectivity index (χ4n) is 6.79. The third-order valence-corrected chi connectivity index (χ3v) is 9.07. The average Bonchev–Trinajstić information content (AvgIpc) is 3.07. The van der Waals surface area contributed by atoms with Crippen molar-refractivity contribution in [3.63, 3.8) is 0 Å². The van der Waals surface area contributed by atoms with Crippen molar-refractivity contribution in [3.05, 3.63) is 119 Å². The minimum Gasteiger partial charge on any atom is -0.445 e. The summed E-state index contributed by atoms with van der Waals surface area (Å²) in [5.74, 6) is 0. The Labute approximate surface area is 251 Å². The molecular weight excluding hydrogens is 538 g/mol. The van der Waals surface area contributed by atoms with Crippen LogP contribution in [0.1, 0.15) is 36.0 Å². The van der Waals surface area contributed by atoms with Gasteiger partial charge in [-0.3, -0.25) is 0 Å². The molecule has 0 atom stereocenters. The maximum absolute atomic E-state index is 13.3. The number of carbonyl (C=O) groups is 2. The maximum atomic E-state index is 13.3. The number of rotatable bonds is 4. The maximum Gasteiger partial charge on any atom is 0.410 e. The van der Waals surface area contributed by atoms with E-state index in [1.165, 1.54) is 27.5 Å². The third kappa shape index (κ3) is 5.31. The summed E-state index contributed by atoms with van der Waals surface area (Å²) in [6, 6.07) is 32.4. The molecule has 4 aromatic carbocycles. The third-order valence-electron chi connectivity index (χ3n) is 9.07. The Bertz CT molecular complexity index is 1680. The van der Waals surface area contributed by atoms with E-state index in [9.17, 15) is 9.59 Å². The Hall–Kier alpha value is -4.78. The zero-order chi connectivity index (χ0) is 29.2. The van der Waals surface area contributed by atoms with Crippen molar-refractivity contribution in [2.75, 3.05) is 31.5 Å². The van der Waals surface area contributed by atoms with Crippen molar-refractivity contribution < 1.29 is 19.1 Å². The molecule has 1 saturated heterocycles. The molecule has 0 unspecified atom stereocenters. The number of anilines is 1. The van der Waals surface area contributed by atoms with Crippen LogP contribution in [0.3, 0.4) is 0 Å². The van der Waals surface area contributed by atoms with Gasteiger partial charge in [-0.1, -0.05) is 91.0 Å². The fourth-order valence-corrected chi connectivity index (χ4v) is 6.79. The number of amides is 2. The predicted molar refractivity (Wildman–Crippen MR) is 167 cm³/mol. The molecule has 3 aliphatic rings. The van der Waals surface area contributed by atoms with Gasteiger partial charge in [-0.15, -0.1) is 0 Å². The predicted octanol–water partition coefficient (Wildman–Crippen LogP) is 7.23. The quantitative estimate of drug-likeness (QED) is 0.279. The average molecular weight is 574 g/mol. The van der Waals surface area contributed by atoms with Gasteiger partial charge in [0.1, 0.15) is 13.2 Å². The molecule has 2 amide bonds. The van der Waals surface area contributed by atoms with Gasteiger partial charge in [0.25, 0.3) is 0 Å². The number of carbonyl (C=O) groups excluding carboxylic acids is 2. The lowest BCUT2D eigenvalue weighted by Gasteiger charge is -2.50. The molecule has 3 aliphatic heterocycles. The van der Waals surface area contributed by atoms with E-state index in [2.05, 4.69) is 41.7 Å². The summed E-state index contributed by atoms with van der Waals surface area (Å²) in [6.07, 6.45) is 1.63. The number of nitrogens with zero attached hydrogens (tertiary/aromatic N) is 2. The number of ether oxygens (including phenoxy) is 2. The van der Waals surface area contributed by atoms with Gasteiger partial charge in [-0.2, -0.15) is 0 Å². The topological polar surface area (TPSA) is 71.1 Å². The molecule has 43 heavy (non-hydrogen) atoms. The molecule has 7 nitrogen and oxygen atoms in total. The van der Waals surface area contributed by atoms with Gasteiger partial charge in [0.2, 0.25) is 0 Å². The molecule has 4 aromatic rings. The van der Waals surface area contributed by atoms with E-state index in [1.807, 2.05) is 65.6 Å². The first kappa shape index (κ1) is 27.1. The first-order chi connectivity index (χ1) is 21.1. The zero-order valence-corrected chi connectivity index (χ0v) is 24.1. The van der Waals surface area contributed by atoms with Crippen molar-refractivity contribution >= 4 is 34.2 Å². The minimum atomic E-state index is -0.362. The van der Waals surface area contributed by atoms with Crippen LogP contribution in [0.4, 0.5) is 15.3 Å². The molecule has 0 radical (unpaired) electrons. The van der Waals surface area contributed by atoms with Crippen molar-refractivity contribution in [1.82, 2.24) is 9.80 Å². The normalized spacial score (nSPS) is 17.2. The summed E-state index contributed by atoms with van der Waals surface area (Å²) in [7, 11) is 0. The zero-order valence-electron chi connectivity index (χ0n) is 24.1. The molecule has 0 aliphatic carbocycles. The molecule has 7 heteroatoms. The van der Waals surface area contributed by atoms with Gasteiger partial charge in [-0.05, 0) is 58.4 Å². The largest absolute Gasteiger partial charge is 0.445 e. The van der Waals surface area contributed by atoms with Crippen molar-refractivity contribution in [2.24, 2.45) is 0 Å². The number of likely N-dealkylation sites (tertiary alicyclic amines) is 1. The van der Waals surface area contributed by atoms with Crippen molar-refractivity contribution in [1.29, 1.82) is 0 Å². The molecule has 3 heterocycles. The SMILES string of the molecule is O=C(OCc1ccccc1)N1CCC2(CC1)Nc1ccc3ccccc3c1C1=C2CN(C(=O)OCc2ccccc2)CC1. The summed E-state index contributed by atoms with van der Waals surface area (Å²) < 4.78 is 11.4. The smallest absolute Gasteiger partial charge is 0.410 e. The molecule has 218 valence electrons. The van der Waals surface area contributed by atoms with Crippen LogP contribution < -0.4 is 5.32 Å². The van der Waals surface area contributed by atoms with Gasteiger partial charge >= 0.3 is 12.2 Å². The molecular formula is C36H35N3O4. The van der Waals surface area contributed by atoms with Crippen LogP contribution in [0.2, 0.25) is 0 Å². The van der Waals surface area contributed by atoms with Gasteiger partial charge in [0, 0.05) is 37.4 Å². The van der Waals surface area contributed by atoms with E-state index in [1.54, 1.807) is 4.90 Å². The second-order valence-corrected chi connectivity index (χ2v) is 11.6. The van der Waals surface area contributed by atoms with Crippen LogP contribution in [0.5, 0.6) is 0 Å². The van der Waals surface area contributed by atoms with Crippen LogP contribution in [0, 0.1) is 0 Å². The molecule has 1 fully saturated rings. The van der Waals surface area contributed by atoms with Crippen molar-refractivity contribution in [2.45, 2.75) is 38.0 Å². The standard InChI is InChI=1S/C36H35N3O4/c40-34(42-24-26-9-3-1-4-10-26)38-21-18-36(19-22-38)31-23-39(35(41)43-25-27-11-5-2-6-12-27)20-17-30(31)33-29-14-8-7-13-28(29)15-16-32(33)37-36/h1-16,37H,17-25H2. The Morgan fingerprint density at radius 3 is 1.98 bits per heavy atom. The summed E-state index contributed by atoms with van der Waals surface area (Å²) in [6.45, 7) is 2.74. The molecule has 0 saturated carbocycles. The monoisotopic (exact) mass is 573 g/mol. The van der Waals surface area contributed by atoms with Gasteiger partial charge < -0.3 is 24.6 Å². The van der Waals surface area contributed by atoms with E-state index in [0.29, 0.717) is 26.2 Å². The lowest BCUT2D eigenvalue weighted by Crippen LogP contribution is -2.56. The first-order valence-electron chi connectivity index (χ1n) is 15.0. The Balaban J connectivity index is 1.14. The van der Waals surface area contributed by atoms with E-state index in [0.717, 1.165) is 36.1 Å². The summed E-state index contributed by atoms with van der Waals surface area (Å²) in [5, 5.41) is 6.34. The highest BCUT2D eigenvalue weighted by atomic mass is 16.6. The first-order valence-corrected chi connectivity index (χ1v) is 15.0. The van der Waals surface area contributed by atoms with Crippen LogP contribution in [-0.4, -0.2) is 53.7 Å². The van der Waals surface area contributed by atoms with Crippen molar-refractivity contribution in [3.8, 4) is 0 Å². The summed E-state index contributed by atoms with van der Waals surface area (Å²) in [4.78, 5) is 29.9.